The van der Waals surface area contributed by atoms with E-state index in [1.54, 1.807) is 10.9 Å². The van der Waals surface area contributed by atoms with E-state index in [4.69, 9.17) is 0 Å². The van der Waals surface area contributed by atoms with Gasteiger partial charge in [-0.25, -0.2) is 8.78 Å². The number of amides is 1. The molecule has 8 heteroatoms. The maximum Gasteiger partial charge on any atom is 0.235 e. The van der Waals surface area contributed by atoms with E-state index in [9.17, 15) is 13.6 Å². The zero-order valence-electron chi connectivity index (χ0n) is 13.2. The molecule has 0 fully saturated rings. The summed E-state index contributed by atoms with van der Waals surface area (Å²) in [5.41, 5.74) is 1.48. The molecule has 0 saturated heterocycles. The Morgan fingerprint density at radius 1 is 1.16 bits per heavy atom. The molecule has 3 aromatic rings. The summed E-state index contributed by atoms with van der Waals surface area (Å²) in [7, 11) is 0. The molecule has 5 nitrogen and oxygen atoms in total. The van der Waals surface area contributed by atoms with Crippen LogP contribution < -0.4 is 5.32 Å². The van der Waals surface area contributed by atoms with E-state index in [1.165, 1.54) is 6.07 Å². The first-order chi connectivity index (χ1) is 12.1. The van der Waals surface area contributed by atoms with E-state index in [-0.39, 0.29) is 5.75 Å². The lowest BCUT2D eigenvalue weighted by atomic mass is 10.2. The minimum atomic E-state index is -0.818. The second-order valence-corrected chi connectivity index (χ2v) is 6.15. The van der Waals surface area contributed by atoms with Crippen molar-refractivity contribution >= 4 is 23.4 Å². The van der Waals surface area contributed by atoms with Crippen LogP contribution in [0.5, 0.6) is 0 Å². The number of carbonyl (C=O) groups excluding carboxylic acids is 1. The fraction of sp³-hybridized carbons (Fsp3) is 0.118. The third kappa shape index (κ3) is 3.85. The number of aryl methyl sites for hydroxylation is 1. The van der Waals surface area contributed by atoms with Gasteiger partial charge in [0.15, 0.2) is 5.16 Å². The van der Waals surface area contributed by atoms with Gasteiger partial charge in [0, 0.05) is 0 Å². The maximum absolute atomic E-state index is 13.6. The van der Waals surface area contributed by atoms with Crippen LogP contribution >= 0.6 is 11.8 Å². The molecule has 0 aliphatic heterocycles. The summed E-state index contributed by atoms with van der Waals surface area (Å²) in [4.78, 5) is 12.0. The Kier molecular flexibility index (Phi) is 5.08. The second-order valence-electron chi connectivity index (χ2n) is 5.20. The number of halogens is 2. The van der Waals surface area contributed by atoms with Crippen LogP contribution in [-0.4, -0.2) is 26.4 Å². The quantitative estimate of drug-likeness (QED) is 0.707. The molecule has 128 valence electrons. The van der Waals surface area contributed by atoms with Crippen LogP contribution in [0.2, 0.25) is 0 Å². The highest BCUT2D eigenvalue weighted by atomic mass is 32.2. The number of aromatic nitrogens is 3. The summed E-state index contributed by atoms with van der Waals surface area (Å²) in [6.45, 7) is 1.96. The number of carbonyl (C=O) groups is 1. The molecule has 0 atom stereocenters. The highest BCUT2D eigenvalue weighted by Gasteiger charge is 2.14. The number of para-hydroxylation sites is 2. The van der Waals surface area contributed by atoms with Crippen molar-refractivity contribution in [3.8, 4) is 5.69 Å². The van der Waals surface area contributed by atoms with Crippen molar-refractivity contribution in [2.45, 2.75) is 12.1 Å². The molecule has 25 heavy (non-hydrogen) atoms. The number of nitrogens with one attached hydrogen (secondary N) is 1. The van der Waals surface area contributed by atoms with E-state index >= 15 is 0 Å². The molecule has 0 unspecified atom stereocenters. The highest BCUT2D eigenvalue weighted by molar-refractivity contribution is 7.99. The van der Waals surface area contributed by atoms with Crippen molar-refractivity contribution in [3.63, 3.8) is 0 Å². The Bertz CT molecular complexity index is 893. The van der Waals surface area contributed by atoms with Crippen molar-refractivity contribution in [1.29, 1.82) is 0 Å². The van der Waals surface area contributed by atoms with Crippen molar-refractivity contribution in [2.75, 3.05) is 11.1 Å². The van der Waals surface area contributed by atoms with Crippen LogP contribution in [0.15, 0.2) is 53.9 Å². The third-order valence-corrected chi connectivity index (χ3v) is 4.39. The summed E-state index contributed by atoms with van der Waals surface area (Å²) in [5.74, 6) is -2.23. The highest BCUT2D eigenvalue weighted by Crippen LogP contribution is 2.23. The summed E-state index contributed by atoms with van der Waals surface area (Å²) >= 11 is 1.13. The molecule has 2 aromatic carbocycles. The van der Waals surface area contributed by atoms with Crippen LogP contribution in [-0.2, 0) is 4.79 Å². The monoisotopic (exact) mass is 360 g/mol. The fourth-order valence-electron chi connectivity index (χ4n) is 2.24. The molecule has 0 spiro atoms. The average Bonchev–Trinajstić information content (AvgIpc) is 3.05. The van der Waals surface area contributed by atoms with E-state index in [0.717, 1.165) is 35.1 Å². The van der Waals surface area contributed by atoms with Gasteiger partial charge in [-0.15, -0.1) is 10.2 Å². The van der Waals surface area contributed by atoms with Crippen LogP contribution in [0, 0.1) is 18.6 Å². The summed E-state index contributed by atoms with van der Waals surface area (Å²) in [6.07, 6.45) is 1.55. The van der Waals surface area contributed by atoms with Gasteiger partial charge in [0.2, 0.25) is 5.91 Å². The smallest absolute Gasteiger partial charge is 0.235 e. The van der Waals surface area contributed by atoms with Gasteiger partial charge >= 0.3 is 0 Å². The molecule has 0 aliphatic carbocycles. The Labute approximate surface area is 147 Å². The first kappa shape index (κ1) is 17.1. The van der Waals surface area contributed by atoms with Gasteiger partial charge in [-0.05, 0) is 30.7 Å². The van der Waals surface area contributed by atoms with Crippen molar-refractivity contribution in [3.05, 3.63) is 66.0 Å². The van der Waals surface area contributed by atoms with Gasteiger partial charge in [-0.2, -0.15) is 0 Å². The van der Waals surface area contributed by atoms with Gasteiger partial charge < -0.3 is 5.32 Å². The Morgan fingerprint density at radius 3 is 2.60 bits per heavy atom. The van der Waals surface area contributed by atoms with Crippen LogP contribution in [0.1, 0.15) is 5.56 Å². The van der Waals surface area contributed by atoms with Gasteiger partial charge in [-0.1, -0.05) is 36.0 Å². The van der Waals surface area contributed by atoms with Crippen molar-refractivity contribution in [2.24, 2.45) is 0 Å². The van der Waals surface area contributed by atoms with Gasteiger partial charge in [0.25, 0.3) is 0 Å². The van der Waals surface area contributed by atoms with Crippen molar-refractivity contribution < 1.29 is 13.6 Å². The molecule has 0 saturated carbocycles. The number of hydrogen-bond acceptors (Lipinski definition) is 4. The first-order valence-corrected chi connectivity index (χ1v) is 8.37. The first-order valence-electron chi connectivity index (χ1n) is 7.39. The Balaban J connectivity index is 1.70. The van der Waals surface area contributed by atoms with Crippen LogP contribution in [0.3, 0.4) is 0 Å². The molecule has 0 radical (unpaired) electrons. The summed E-state index contributed by atoms with van der Waals surface area (Å²) in [5, 5.41) is 10.6. The van der Waals surface area contributed by atoms with E-state index in [2.05, 4.69) is 15.5 Å². The largest absolute Gasteiger partial charge is 0.320 e. The minimum Gasteiger partial charge on any atom is -0.320 e. The predicted molar refractivity (Wildman–Crippen MR) is 91.8 cm³/mol. The van der Waals surface area contributed by atoms with Gasteiger partial charge in [0.05, 0.1) is 11.4 Å². The van der Waals surface area contributed by atoms with Crippen LogP contribution in [0.4, 0.5) is 14.5 Å². The molecular weight excluding hydrogens is 346 g/mol. The lowest BCUT2D eigenvalue weighted by Crippen LogP contribution is -2.16. The SMILES string of the molecule is Cc1ccccc1-n1cnnc1SCC(=O)Nc1c(F)cccc1F. The topological polar surface area (TPSA) is 59.8 Å². The third-order valence-electron chi connectivity index (χ3n) is 3.45. The number of benzene rings is 2. The maximum atomic E-state index is 13.6. The number of anilines is 1. The van der Waals surface area contributed by atoms with Gasteiger partial charge in [-0.3, -0.25) is 9.36 Å². The van der Waals surface area contributed by atoms with E-state index < -0.39 is 23.2 Å². The minimum absolute atomic E-state index is 0.0572. The average molecular weight is 360 g/mol. The number of hydrogen-bond donors (Lipinski definition) is 1. The van der Waals surface area contributed by atoms with E-state index in [1.807, 2.05) is 31.2 Å². The van der Waals surface area contributed by atoms with Crippen molar-refractivity contribution in [1.82, 2.24) is 14.8 Å². The lowest BCUT2D eigenvalue weighted by Gasteiger charge is -2.09. The number of nitrogens with zero attached hydrogens (tertiary/aromatic N) is 3. The number of thioether (sulfide) groups is 1. The molecule has 1 amide bonds. The normalized spacial score (nSPS) is 10.7. The molecular formula is C17H14F2N4OS. The summed E-state index contributed by atoms with van der Waals surface area (Å²) < 4.78 is 28.9. The molecule has 1 N–H and O–H groups in total. The second kappa shape index (κ2) is 7.43. The molecule has 3 rings (SSSR count). The molecule has 0 bridgehead atoms. The molecule has 1 aromatic heterocycles. The van der Waals surface area contributed by atoms with E-state index in [0.29, 0.717) is 5.16 Å². The molecule has 1 heterocycles. The predicted octanol–water partition coefficient (Wildman–Crippen LogP) is 3.58. The lowest BCUT2D eigenvalue weighted by molar-refractivity contribution is -0.113. The summed E-state index contributed by atoms with van der Waals surface area (Å²) in [6, 6.07) is 11.1. The Morgan fingerprint density at radius 2 is 1.88 bits per heavy atom. The Hall–Kier alpha value is -2.74. The molecule has 0 aliphatic rings. The van der Waals surface area contributed by atoms with Crippen LogP contribution in [0.25, 0.3) is 5.69 Å². The number of rotatable bonds is 5. The fourth-order valence-corrected chi connectivity index (χ4v) is 2.97. The zero-order valence-corrected chi connectivity index (χ0v) is 14.1. The zero-order chi connectivity index (χ0) is 17.8. The van der Waals surface area contributed by atoms with Gasteiger partial charge in [0.1, 0.15) is 23.6 Å². The standard InChI is InChI=1S/C17H14F2N4OS/c1-11-5-2-3-8-14(11)23-10-20-22-17(23)25-9-15(24)21-16-12(18)6-4-7-13(16)19/h2-8,10H,9H2,1H3,(H,21,24).